The molecule has 1 aliphatic carbocycles. The number of benzene rings is 1. The van der Waals surface area contributed by atoms with E-state index in [-0.39, 0.29) is 17.3 Å². The molecule has 0 bridgehead atoms. The monoisotopic (exact) mass is 224 g/mol. The summed E-state index contributed by atoms with van der Waals surface area (Å²) in [5, 5.41) is 9.65. The first-order valence-corrected chi connectivity index (χ1v) is 5.58. The van der Waals surface area contributed by atoms with Gasteiger partial charge in [-0.2, -0.15) is 0 Å². The van der Waals surface area contributed by atoms with Gasteiger partial charge in [-0.15, -0.1) is 0 Å². The van der Waals surface area contributed by atoms with E-state index in [1.54, 1.807) is 19.1 Å². The predicted molar refractivity (Wildman–Crippen MR) is 60.0 cm³/mol. The van der Waals surface area contributed by atoms with Gasteiger partial charge in [0.2, 0.25) is 0 Å². The summed E-state index contributed by atoms with van der Waals surface area (Å²) in [4.78, 5) is 0. The Bertz CT molecular complexity index is 384. The molecule has 1 aliphatic rings. The Kier molecular flexibility index (Phi) is 2.89. The Morgan fingerprint density at radius 2 is 2.19 bits per heavy atom. The van der Waals surface area contributed by atoms with E-state index in [0.717, 1.165) is 12.8 Å². The first kappa shape index (κ1) is 11.4. The number of aliphatic hydroxyl groups excluding tert-OH is 1. The smallest absolute Gasteiger partial charge is 0.130 e. The van der Waals surface area contributed by atoms with Crippen LogP contribution in [0.25, 0.3) is 0 Å². The lowest BCUT2D eigenvalue weighted by Gasteiger charge is -2.18. The number of methoxy groups -OCH3 is 1. The second-order valence-electron chi connectivity index (χ2n) is 4.67. The minimum atomic E-state index is -0.367. The second kappa shape index (κ2) is 4.06. The molecule has 1 aromatic rings. The highest BCUT2D eigenvalue weighted by molar-refractivity contribution is 5.30. The SMILES string of the molecule is COc1ccc(CC2(C(C)O)CC2)c(F)c1. The molecule has 2 rings (SSSR count). The van der Waals surface area contributed by atoms with Gasteiger partial charge >= 0.3 is 0 Å². The molecule has 1 saturated carbocycles. The Balaban J connectivity index is 2.16. The van der Waals surface area contributed by atoms with Gasteiger partial charge in [0.05, 0.1) is 13.2 Å². The van der Waals surface area contributed by atoms with Gasteiger partial charge in [-0.05, 0) is 37.8 Å². The van der Waals surface area contributed by atoms with Gasteiger partial charge in [-0.1, -0.05) is 6.07 Å². The lowest BCUT2D eigenvalue weighted by Crippen LogP contribution is -2.21. The Labute approximate surface area is 95.1 Å². The average molecular weight is 224 g/mol. The van der Waals surface area contributed by atoms with Gasteiger partial charge in [-0.3, -0.25) is 0 Å². The van der Waals surface area contributed by atoms with Crippen LogP contribution in [0.2, 0.25) is 0 Å². The maximum absolute atomic E-state index is 13.7. The minimum Gasteiger partial charge on any atom is -0.497 e. The molecule has 1 unspecified atom stereocenters. The van der Waals surface area contributed by atoms with Gasteiger partial charge < -0.3 is 9.84 Å². The number of ether oxygens (including phenoxy) is 1. The van der Waals surface area contributed by atoms with Gasteiger partial charge in [0.15, 0.2) is 0 Å². The zero-order valence-electron chi connectivity index (χ0n) is 9.66. The van der Waals surface area contributed by atoms with E-state index in [0.29, 0.717) is 17.7 Å². The normalized spacial score (nSPS) is 19.2. The fourth-order valence-corrected chi connectivity index (χ4v) is 2.08. The number of hydrogen-bond donors (Lipinski definition) is 1. The van der Waals surface area contributed by atoms with Gasteiger partial charge in [-0.25, -0.2) is 4.39 Å². The van der Waals surface area contributed by atoms with Crippen molar-refractivity contribution in [2.75, 3.05) is 7.11 Å². The third kappa shape index (κ3) is 2.05. The van der Waals surface area contributed by atoms with Crippen molar-refractivity contribution in [3.63, 3.8) is 0 Å². The largest absolute Gasteiger partial charge is 0.497 e. The van der Waals surface area contributed by atoms with Crippen molar-refractivity contribution >= 4 is 0 Å². The Morgan fingerprint density at radius 1 is 1.50 bits per heavy atom. The summed E-state index contributed by atoms with van der Waals surface area (Å²) in [6.45, 7) is 1.79. The highest BCUT2D eigenvalue weighted by Gasteiger charge is 2.47. The van der Waals surface area contributed by atoms with Crippen molar-refractivity contribution in [2.45, 2.75) is 32.3 Å². The molecule has 88 valence electrons. The molecule has 0 heterocycles. The molecular weight excluding hydrogens is 207 g/mol. The molecule has 2 nitrogen and oxygen atoms in total. The molecular formula is C13H17FO2. The van der Waals surface area contributed by atoms with E-state index < -0.39 is 0 Å². The summed E-state index contributed by atoms with van der Waals surface area (Å²) < 4.78 is 18.7. The van der Waals surface area contributed by atoms with Crippen LogP contribution in [0.5, 0.6) is 5.75 Å². The van der Waals surface area contributed by atoms with Crippen LogP contribution in [0.3, 0.4) is 0 Å². The molecule has 0 radical (unpaired) electrons. The Morgan fingerprint density at radius 3 is 2.62 bits per heavy atom. The maximum atomic E-state index is 13.7. The second-order valence-corrected chi connectivity index (χ2v) is 4.67. The summed E-state index contributed by atoms with van der Waals surface area (Å²) in [7, 11) is 1.52. The molecule has 1 fully saturated rings. The highest BCUT2D eigenvalue weighted by atomic mass is 19.1. The summed E-state index contributed by atoms with van der Waals surface area (Å²) in [5.74, 6) is 0.286. The molecule has 1 atom stereocenters. The van der Waals surface area contributed by atoms with Gasteiger partial charge in [0, 0.05) is 11.5 Å². The summed E-state index contributed by atoms with van der Waals surface area (Å²) in [5.41, 5.74) is 0.578. The van der Waals surface area contributed by atoms with Crippen LogP contribution in [0.1, 0.15) is 25.3 Å². The standard InChI is InChI=1S/C13H17FO2/c1-9(15)13(5-6-13)8-10-3-4-11(16-2)7-12(10)14/h3-4,7,9,15H,5-6,8H2,1-2H3. The van der Waals surface area contributed by atoms with E-state index in [1.807, 2.05) is 0 Å². The summed E-state index contributed by atoms with van der Waals surface area (Å²) in [6, 6.07) is 4.90. The van der Waals surface area contributed by atoms with Crippen LogP contribution in [0.4, 0.5) is 4.39 Å². The molecule has 1 N–H and O–H groups in total. The molecule has 0 aromatic heterocycles. The first-order chi connectivity index (χ1) is 7.57. The van der Waals surface area contributed by atoms with E-state index in [1.165, 1.54) is 13.2 Å². The predicted octanol–water partition coefficient (Wildman–Crippen LogP) is 2.54. The molecule has 0 spiro atoms. The number of halogens is 1. The molecule has 0 amide bonds. The van der Waals surface area contributed by atoms with Crippen LogP contribution in [0.15, 0.2) is 18.2 Å². The van der Waals surface area contributed by atoms with Crippen molar-refractivity contribution in [2.24, 2.45) is 5.41 Å². The van der Waals surface area contributed by atoms with Gasteiger partial charge in [0.1, 0.15) is 11.6 Å². The van der Waals surface area contributed by atoms with Crippen molar-refractivity contribution in [1.29, 1.82) is 0 Å². The van der Waals surface area contributed by atoms with Crippen LogP contribution in [-0.2, 0) is 6.42 Å². The van der Waals surface area contributed by atoms with Crippen LogP contribution in [-0.4, -0.2) is 18.3 Å². The van der Waals surface area contributed by atoms with Crippen molar-refractivity contribution < 1.29 is 14.2 Å². The molecule has 0 aliphatic heterocycles. The van der Waals surface area contributed by atoms with Crippen molar-refractivity contribution in [3.05, 3.63) is 29.6 Å². The average Bonchev–Trinajstić information content (AvgIpc) is 3.02. The lowest BCUT2D eigenvalue weighted by atomic mass is 9.91. The van der Waals surface area contributed by atoms with Crippen molar-refractivity contribution in [3.8, 4) is 5.75 Å². The fourth-order valence-electron chi connectivity index (χ4n) is 2.08. The molecule has 3 heteroatoms. The fraction of sp³-hybridized carbons (Fsp3) is 0.538. The first-order valence-electron chi connectivity index (χ1n) is 5.58. The van der Waals surface area contributed by atoms with E-state index in [2.05, 4.69) is 0 Å². The third-order valence-corrected chi connectivity index (χ3v) is 3.58. The lowest BCUT2D eigenvalue weighted by molar-refractivity contribution is 0.110. The maximum Gasteiger partial charge on any atom is 0.130 e. The highest BCUT2D eigenvalue weighted by Crippen LogP contribution is 2.51. The molecule has 0 saturated heterocycles. The molecule has 1 aromatic carbocycles. The van der Waals surface area contributed by atoms with E-state index in [9.17, 15) is 9.50 Å². The van der Waals surface area contributed by atoms with Crippen LogP contribution >= 0.6 is 0 Å². The zero-order valence-corrected chi connectivity index (χ0v) is 9.66. The summed E-state index contributed by atoms with van der Waals surface area (Å²) in [6.07, 6.45) is 2.21. The summed E-state index contributed by atoms with van der Waals surface area (Å²) >= 11 is 0. The van der Waals surface area contributed by atoms with Crippen LogP contribution in [0, 0.1) is 11.2 Å². The number of hydrogen-bond acceptors (Lipinski definition) is 2. The van der Waals surface area contributed by atoms with Crippen molar-refractivity contribution in [1.82, 2.24) is 0 Å². The zero-order chi connectivity index (χ0) is 11.8. The number of aliphatic hydroxyl groups is 1. The van der Waals surface area contributed by atoms with Crippen LogP contribution < -0.4 is 4.74 Å². The molecule has 16 heavy (non-hydrogen) atoms. The van der Waals surface area contributed by atoms with E-state index in [4.69, 9.17) is 4.74 Å². The minimum absolute atomic E-state index is 0.0879. The topological polar surface area (TPSA) is 29.5 Å². The van der Waals surface area contributed by atoms with E-state index >= 15 is 0 Å². The quantitative estimate of drug-likeness (QED) is 0.851. The Hall–Kier alpha value is -1.09. The third-order valence-electron chi connectivity index (χ3n) is 3.58. The van der Waals surface area contributed by atoms with Gasteiger partial charge in [0.25, 0.3) is 0 Å². The number of rotatable bonds is 4.